The van der Waals surface area contributed by atoms with Crippen molar-refractivity contribution in [2.75, 3.05) is 20.0 Å². The Bertz CT molecular complexity index is 906. The smallest absolute Gasteiger partial charge is 0.257 e. The number of aromatic nitrogens is 1. The lowest BCUT2D eigenvalue weighted by Crippen LogP contribution is -2.19. The van der Waals surface area contributed by atoms with Crippen molar-refractivity contribution in [2.45, 2.75) is 5.22 Å². The van der Waals surface area contributed by atoms with Crippen molar-refractivity contribution >= 4 is 35.0 Å². The zero-order chi connectivity index (χ0) is 18.4. The number of rotatable bonds is 7. The number of nitrogens with zero attached hydrogens (tertiary/aromatic N) is 2. The molecule has 3 rings (SSSR count). The highest BCUT2D eigenvalue weighted by Crippen LogP contribution is 2.23. The summed E-state index contributed by atoms with van der Waals surface area (Å²) in [6, 6.07) is 12.8. The second-order valence-electron chi connectivity index (χ2n) is 5.14. The van der Waals surface area contributed by atoms with E-state index in [1.807, 2.05) is 24.3 Å². The van der Waals surface area contributed by atoms with Gasteiger partial charge in [-0.2, -0.15) is 5.10 Å². The SMILES string of the molecule is COc1ccc(OC)c(C=NNC(=O)CSc2nc3ccccc3o2)c1. The number of benzene rings is 2. The van der Waals surface area contributed by atoms with Crippen molar-refractivity contribution in [2.24, 2.45) is 5.10 Å². The lowest BCUT2D eigenvalue weighted by molar-refractivity contribution is -0.118. The van der Waals surface area contributed by atoms with Crippen molar-refractivity contribution in [3.63, 3.8) is 0 Å². The second-order valence-corrected chi connectivity index (χ2v) is 6.06. The molecule has 1 aromatic heterocycles. The van der Waals surface area contributed by atoms with Crippen LogP contribution in [0.2, 0.25) is 0 Å². The lowest BCUT2D eigenvalue weighted by atomic mass is 10.2. The van der Waals surface area contributed by atoms with Gasteiger partial charge >= 0.3 is 0 Å². The third-order valence-electron chi connectivity index (χ3n) is 3.43. The van der Waals surface area contributed by atoms with Crippen molar-refractivity contribution in [3.05, 3.63) is 48.0 Å². The van der Waals surface area contributed by atoms with Crippen LogP contribution in [-0.2, 0) is 4.79 Å². The van der Waals surface area contributed by atoms with Gasteiger partial charge in [0.2, 0.25) is 0 Å². The van der Waals surface area contributed by atoms with Crippen molar-refractivity contribution < 1.29 is 18.7 Å². The molecule has 26 heavy (non-hydrogen) atoms. The lowest BCUT2D eigenvalue weighted by Gasteiger charge is -2.06. The van der Waals surface area contributed by atoms with Gasteiger partial charge in [0.15, 0.2) is 5.58 Å². The minimum atomic E-state index is -0.268. The Kier molecular flexibility index (Phi) is 5.75. The first kappa shape index (κ1) is 17.8. The van der Waals surface area contributed by atoms with E-state index >= 15 is 0 Å². The Labute approximate surface area is 154 Å². The average molecular weight is 371 g/mol. The van der Waals surface area contributed by atoms with Gasteiger partial charge in [0, 0.05) is 5.56 Å². The molecule has 0 spiro atoms. The minimum Gasteiger partial charge on any atom is -0.497 e. The van der Waals surface area contributed by atoms with Crippen molar-refractivity contribution in [3.8, 4) is 11.5 Å². The number of hydrogen-bond acceptors (Lipinski definition) is 7. The molecule has 1 heterocycles. The number of nitrogens with one attached hydrogen (secondary N) is 1. The monoisotopic (exact) mass is 371 g/mol. The second kappa shape index (κ2) is 8.39. The van der Waals surface area contributed by atoms with Crippen LogP contribution in [0.5, 0.6) is 11.5 Å². The van der Waals surface area contributed by atoms with Gasteiger partial charge in [0.05, 0.1) is 26.2 Å². The molecule has 0 aliphatic carbocycles. The van der Waals surface area contributed by atoms with E-state index in [0.717, 1.165) is 5.52 Å². The number of thioether (sulfide) groups is 1. The molecule has 8 heteroatoms. The number of carbonyl (C=O) groups excluding carboxylic acids is 1. The molecule has 0 unspecified atom stereocenters. The molecule has 0 bridgehead atoms. The highest BCUT2D eigenvalue weighted by atomic mass is 32.2. The first-order valence-electron chi connectivity index (χ1n) is 7.72. The van der Waals surface area contributed by atoms with E-state index in [1.54, 1.807) is 32.4 Å². The normalized spacial score (nSPS) is 11.0. The van der Waals surface area contributed by atoms with Gasteiger partial charge in [-0.3, -0.25) is 4.79 Å². The molecular weight excluding hydrogens is 354 g/mol. The van der Waals surface area contributed by atoms with E-state index in [4.69, 9.17) is 13.9 Å². The highest BCUT2D eigenvalue weighted by molar-refractivity contribution is 7.99. The Morgan fingerprint density at radius 1 is 1.27 bits per heavy atom. The fraction of sp³-hybridized carbons (Fsp3) is 0.167. The van der Waals surface area contributed by atoms with Crippen LogP contribution in [0.15, 0.2) is 57.2 Å². The molecule has 134 valence electrons. The van der Waals surface area contributed by atoms with Crippen LogP contribution in [0.25, 0.3) is 11.1 Å². The Hall–Kier alpha value is -3.00. The van der Waals surface area contributed by atoms with Crippen LogP contribution in [0, 0.1) is 0 Å². The van der Waals surface area contributed by atoms with E-state index < -0.39 is 0 Å². The summed E-state index contributed by atoms with van der Waals surface area (Å²) in [7, 11) is 3.14. The number of hydrogen-bond donors (Lipinski definition) is 1. The minimum absolute atomic E-state index is 0.138. The maximum absolute atomic E-state index is 11.9. The van der Waals surface area contributed by atoms with Gasteiger partial charge in [0.1, 0.15) is 17.0 Å². The predicted octanol–water partition coefficient (Wildman–Crippen LogP) is 3.09. The molecule has 0 radical (unpaired) electrons. The third kappa shape index (κ3) is 4.34. The number of ether oxygens (including phenoxy) is 2. The van der Waals surface area contributed by atoms with Gasteiger partial charge in [-0.1, -0.05) is 23.9 Å². The molecule has 0 fully saturated rings. The zero-order valence-corrected chi connectivity index (χ0v) is 15.1. The molecule has 1 N–H and O–H groups in total. The number of carbonyl (C=O) groups is 1. The summed E-state index contributed by atoms with van der Waals surface area (Å²) < 4.78 is 16.0. The third-order valence-corrected chi connectivity index (χ3v) is 4.26. The van der Waals surface area contributed by atoms with Gasteiger partial charge < -0.3 is 13.9 Å². The quantitative estimate of drug-likeness (QED) is 0.390. The average Bonchev–Trinajstić information content (AvgIpc) is 3.09. The maximum Gasteiger partial charge on any atom is 0.257 e. The molecule has 0 aliphatic rings. The summed E-state index contributed by atoms with van der Waals surface area (Å²) in [4.78, 5) is 16.2. The van der Waals surface area contributed by atoms with Crippen LogP contribution >= 0.6 is 11.8 Å². The molecule has 1 amide bonds. The topological polar surface area (TPSA) is 86.0 Å². The summed E-state index contributed by atoms with van der Waals surface area (Å²) in [5.74, 6) is 1.17. The molecule has 0 saturated carbocycles. The van der Waals surface area contributed by atoms with E-state index in [1.165, 1.54) is 18.0 Å². The van der Waals surface area contributed by atoms with E-state index in [9.17, 15) is 4.79 Å². The van der Waals surface area contributed by atoms with Crippen LogP contribution < -0.4 is 14.9 Å². The first-order valence-corrected chi connectivity index (χ1v) is 8.70. The molecule has 0 aliphatic heterocycles. The molecule has 7 nitrogen and oxygen atoms in total. The largest absolute Gasteiger partial charge is 0.497 e. The van der Waals surface area contributed by atoms with Crippen LogP contribution in [0.3, 0.4) is 0 Å². The van der Waals surface area contributed by atoms with Gasteiger partial charge in [-0.25, -0.2) is 10.4 Å². The summed E-state index contributed by atoms with van der Waals surface area (Å²) in [5.41, 5.74) is 4.62. The fourth-order valence-electron chi connectivity index (χ4n) is 2.19. The van der Waals surface area contributed by atoms with Gasteiger partial charge in [-0.05, 0) is 30.3 Å². The summed E-state index contributed by atoms with van der Waals surface area (Å²) >= 11 is 1.21. The number of para-hydroxylation sites is 2. The molecule has 0 saturated heterocycles. The Morgan fingerprint density at radius 3 is 2.88 bits per heavy atom. The van der Waals surface area contributed by atoms with Gasteiger partial charge in [-0.15, -0.1) is 0 Å². The fourth-order valence-corrected chi connectivity index (χ4v) is 2.82. The van der Waals surface area contributed by atoms with Crippen LogP contribution in [-0.4, -0.2) is 37.1 Å². The van der Waals surface area contributed by atoms with E-state index in [0.29, 0.717) is 27.9 Å². The van der Waals surface area contributed by atoms with Crippen molar-refractivity contribution in [1.29, 1.82) is 0 Å². The van der Waals surface area contributed by atoms with E-state index in [2.05, 4.69) is 15.5 Å². The predicted molar refractivity (Wildman–Crippen MR) is 100 cm³/mol. The number of amides is 1. The number of oxazole rings is 1. The first-order chi connectivity index (χ1) is 12.7. The van der Waals surface area contributed by atoms with Crippen molar-refractivity contribution in [1.82, 2.24) is 10.4 Å². The summed E-state index contributed by atoms with van der Waals surface area (Å²) in [5, 5.41) is 4.40. The number of methoxy groups -OCH3 is 2. The standard InChI is InChI=1S/C18H17N3O4S/c1-23-13-7-8-15(24-2)12(9-13)10-19-21-17(22)11-26-18-20-14-5-3-4-6-16(14)25-18/h3-10H,11H2,1-2H3,(H,21,22). The molecule has 3 aromatic rings. The molecule has 0 atom stereocenters. The zero-order valence-electron chi connectivity index (χ0n) is 14.3. The van der Waals surface area contributed by atoms with Gasteiger partial charge in [0.25, 0.3) is 11.1 Å². The summed E-state index contributed by atoms with van der Waals surface area (Å²) in [6.07, 6.45) is 1.50. The molecule has 2 aromatic carbocycles. The highest BCUT2D eigenvalue weighted by Gasteiger charge is 2.09. The number of hydrazone groups is 1. The van der Waals surface area contributed by atoms with Crippen LogP contribution in [0.1, 0.15) is 5.56 Å². The summed E-state index contributed by atoms with van der Waals surface area (Å²) in [6.45, 7) is 0. The van der Waals surface area contributed by atoms with Crippen LogP contribution in [0.4, 0.5) is 0 Å². The number of fused-ring (bicyclic) bond motifs is 1. The van der Waals surface area contributed by atoms with E-state index in [-0.39, 0.29) is 11.7 Å². The molecular formula is C18H17N3O4S. The Morgan fingerprint density at radius 2 is 2.12 bits per heavy atom. The Balaban J connectivity index is 1.56. The maximum atomic E-state index is 11.9.